The minimum absolute atomic E-state index is 0.000379. The second kappa shape index (κ2) is 7.24. The highest BCUT2D eigenvalue weighted by Crippen LogP contribution is 2.40. The standard InChI is InChI=1S/C19H17NO6S/c1-25-16(21)12-20-18(19(22)26-2)17(13-8-4-3-5-9-13)14-10-6-7-11-15(14)27(20,23)24/h3-11H,12H2,1-2H3. The number of sulfonamides is 1. The Morgan fingerprint density at radius 3 is 2.19 bits per heavy atom. The van der Waals surface area contributed by atoms with Crippen LogP contribution in [0.15, 0.2) is 65.2 Å². The quantitative estimate of drug-likeness (QED) is 0.743. The fraction of sp³-hybridized carbons (Fsp3) is 0.158. The van der Waals surface area contributed by atoms with E-state index in [1.165, 1.54) is 6.07 Å². The molecule has 0 amide bonds. The van der Waals surface area contributed by atoms with Crippen LogP contribution in [-0.2, 0) is 29.1 Å². The topological polar surface area (TPSA) is 90.0 Å². The Morgan fingerprint density at radius 2 is 1.56 bits per heavy atom. The molecule has 1 heterocycles. The number of carbonyl (C=O) groups is 2. The molecule has 0 aliphatic carbocycles. The normalized spacial score (nSPS) is 15.1. The van der Waals surface area contributed by atoms with Crippen molar-refractivity contribution in [2.24, 2.45) is 0 Å². The van der Waals surface area contributed by atoms with E-state index in [1.807, 2.05) is 0 Å². The van der Waals surface area contributed by atoms with Gasteiger partial charge in [-0.2, -0.15) is 0 Å². The molecule has 140 valence electrons. The molecule has 0 bridgehead atoms. The summed E-state index contributed by atoms with van der Waals surface area (Å²) in [6.07, 6.45) is 0. The van der Waals surface area contributed by atoms with Crippen molar-refractivity contribution in [1.29, 1.82) is 0 Å². The van der Waals surface area contributed by atoms with Crippen molar-refractivity contribution in [3.8, 4) is 0 Å². The van der Waals surface area contributed by atoms with Crippen LogP contribution in [0.5, 0.6) is 0 Å². The molecule has 0 N–H and O–H groups in total. The maximum absolute atomic E-state index is 13.1. The number of hydrogen-bond donors (Lipinski definition) is 0. The molecule has 0 atom stereocenters. The number of ether oxygens (including phenoxy) is 2. The molecule has 7 nitrogen and oxygen atoms in total. The highest BCUT2D eigenvalue weighted by Gasteiger charge is 2.41. The van der Waals surface area contributed by atoms with Gasteiger partial charge in [0, 0.05) is 11.1 Å². The molecule has 2 aromatic carbocycles. The molecule has 3 rings (SSSR count). The van der Waals surface area contributed by atoms with Crippen LogP contribution >= 0.6 is 0 Å². The van der Waals surface area contributed by atoms with Gasteiger partial charge in [-0.1, -0.05) is 48.5 Å². The summed E-state index contributed by atoms with van der Waals surface area (Å²) in [4.78, 5) is 24.5. The Labute approximate surface area is 156 Å². The molecule has 1 aliphatic rings. The maximum Gasteiger partial charge on any atom is 0.356 e. The zero-order valence-corrected chi connectivity index (χ0v) is 15.5. The second-order valence-electron chi connectivity index (χ2n) is 5.67. The molecule has 0 unspecified atom stereocenters. The average molecular weight is 387 g/mol. The van der Waals surface area contributed by atoms with Crippen molar-refractivity contribution < 1.29 is 27.5 Å². The molecule has 0 saturated heterocycles. The Bertz CT molecular complexity index is 1030. The molecule has 0 radical (unpaired) electrons. The fourth-order valence-electron chi connectivity index (χ4n) is 2.93. The van der Waals surface area contributed by atoms with Crippen LogP contribution in [0.25, 0.3) is 5.57 Å². The molecular weight excluding hydrogens is 370 g/mol. The van der Waals surface area contributed by atoms with E-state index in [0.717, 1.165) is 18.5 Å². The summed E-state index contributed by atoms with van der Waals surface area (Å²) in [6.45, 7) is -0.645. The van der Waals surface area contributed by atoms with Gasteiger partial charge >= 0.3 is 11.9 Å². The number of benzene rings is 2. The SMILES string of the molecule is COC(=O)CN1C(C(=O)OC)=C(c2ccccc2)c2ccccc2S1(=O)=O. The molecule has 0 aromatic heterocycles. The van der Waals surface area contributed by atoms with Crippen LogP contribution in [0.4, 0.5) is 0 Å². The van der Waals surface area contributed by atoms with Gasteiger partial charge in [0.2, 0.25) is 0 Å². The van der Waals surface area contributed by atoms with E-state index in [2.05, 4.69) is 4.74 Å². The third-order valence-electron chi connectivity index (χ3n) is 4.15. The predicted octanol–water partition coefficient (Wildman–Crippen LogP) is 1.80. The first-order chi connectivity index (χ1) is 12.9. The number of carbonyl (C=O) groups excluding carboxylic acids is 2. The van der Waals surface area contributed by atoms with Gasteiger partial charge in [0.15, 0.2) is 0 Å². The monoisotopic (exact) mass is 387 g/mol. The van der Waals surface area contributed by atoms with Crippen molar-refractivity contribution in [3.63, 3.8) is 0 Å². The van der Waals surface area contributed by atoms with E-state index in [1.54, 1.807) is 48.5 Å². The number of hydrogen-bond acceptors (Lipinski definition) is 6. The molecule has 1 aliphatic heterocycles. The molecule has 8 heteroatoms. The number of fused-ring (bicyclic) bond motifs is 1. The zero-order valence-electron chi connectivity index (χ0n) is 14.7. The van der Waals surface area contributed by atoms with Crippen molar-refractivity contribution >= 4 is 27.5 Å². The van der Waals surface area contributed by atoms with Gasteiger partial charge in [-0.25, -0.2) is 17.5 Å². The third kappa shape index (κ3) is 3.19. The summed E-state index contributed by atoms with van der Waals surface area (Å²) in [5.41, 5.74) is 1.13. The fourth-order valence-corrected chi connectivity index (χ4v) is 4.55. The van der Waals surface area contributed by atoms with Gasteiger partial charge in [0.25, 0.3) is 10.0 Å². The van der Waals surface area contributed by atoms with Gasteiger partial charge in [0.1, 0.15) is 12.2 Å². The van der Waals surface area contributed by atoms with Crippen molar-refractivity contribution in [3.05, 3.63) is 71.4 Å². The van der Waals surface area contributed by atoms with Crippen molar-refractivity contribution in [2.45, 2.75) is 4.90 Å². The minimum atomic E-state index is -4.16. The van der Waals surface area contributed by atoms with Crippen LogP contribution in [-0.4, -0.2) is 45.4 Å². The molecule has 0 saturated carbocycles. The second-order valence-corrected chi connectivity index (χ2v) is 7.50. The third-order valence-corrected chi connectivity index (χ3v) is 5.96. The van der Waals surface area contributed by atoms with Gasteiger partial charge in [-0.15, -0.1) is 0 Å². The molecule has 0 fully saturated rings. The summed E-state index contributed by atoms with van der Waals surface area (Å²) in [7, 11) is -1.86. The van der Waals surface area contributed by atoms with Crippen LogP contribution in [0.3, 0.4) is 0 Å². The van der Waals surface area contributed by atoms with Gasteiger partial charge in [-0.3, -0.25) is 4.79 Å². The molecule has 27 heavy (non-hydrogen) atoms. The lowest BCUT2D eigenvalue weighted by molar-refractivity contribution is -0.141. The molecule has 0 spiro atoms. The molecular formula is C19H17NO6S. The van der Waals surface area contributed by atoms with E-state index in [9.17, 15) is 18.0 Å². The first kappa shape index (κ1) is 18.7. The maximum atomic E-state index is 13.1. The summed E-state index contributed by atoms with van der Waals surface area (Å²) >= 11 is 0. The van der Waals surface area contributed by atoms with Gasteiger partial charge in [-0.05, 0) is 11.6 Å². The number of rotatable bonds is 4. The van der Waals surface area contributed by atoms with E-state index >= 15 is 0 Å². The summed E-state index contributed by atoms with van der Waals surface area (Å²) in [5.74, 6) is -1.66. The average Bonchev–Trinajstić information content (AvgIpc) is 2.69. The Morgan fingerprint density at radius 1 is 0.926 bits per heavy atom. The van der Waals surface area contributed by atoms with E-state index in [4.69, 9.17) is 4.74 Å². The minimum Gasteiger partial charge on any atom is -0.468 e. The predicted molar refractivity (Wildman–Crippen MR) is 96.8 cm³/mol. The Balaban J connectivity index is 2.40. The zero-order chi connectivity index (χ0) is 19.6. The van der Waals surface area contributed by atoms with Crippen LogP contribution in [0.1, 0.15) is 11.1 Å². The lowest BCUT2D eigenvalue weighted by atomic mass is 9.95. The summed E-state index contributed by atoms with van der Waals surface area (Å²) < 4.78 is 36.5. The van der Waals surface area contributed by atoms with Crippen molar-refractivity contribution in [1.82, 2.24) is 4.31 Å². The smallest absolute Gasteiger partial charge is 0.356 e. The number of methoxy groups -OCH3 is 2. The largest absolute Gasteiger partial charge is 0.468 e. The lowest BCUT2D eigenvalue weighted by Crippen LogP contribution is -2.41. The molecule has 2 aromatic rings. The van der Waals surface area contributed by atoms with E-state index in [0.29, 0.717) is 16.7 Å². The van der Waals surface area contributed by atoms with Gasteiger partial charge in [0.05, 0.1) is 19.1 Å². The highest BCUT2D eigenvalue weighted by molar-refractivity contribution is 7.89. The number of nitrogens with zero attached hydrogens (tertiary/aromatic N) is 1. The summed E-state index contributed by atoms with van der Waals surface area (Å²) in [5, 5.41) is 0. The van der Waals surface area contributed by atoms with Crippen molar-refractivity contribution in [2.75, 3.05) is 20.8 Å². The van der Waals surface area contributed by atoms with Crippen LogP contribution < -0.4 is 0 Å². The van der Waals surface area contributed by atoms with E-state index < -0.39 is 28.5 Å². The number of esters is 2. The Hall–Kier alpha value is -3.13. The highest BCUT2D eigenvalue weighted by atomic mass is 32.2. The Kier molecular flexibility index (Phi) is 5.00. The van der Waals surface area contributed by atoms with Crippen LogP contribution in [0, 0.1) is 0 Å². The first-order valence-corrected chi connectivity index (χ1v) is 9.42. The lowest BCUT2D eigenvalue weighted by Gasteiger charge is -2.32. The first-order valence-electron chi connectivity index (χ1n) is 7.98. The van der Waals surface area contributed by atoms with E-state index in [-0.39, 0.29) is 10.6 Å². The summed E-state index contributed by atoms with van der Waals surface area (Å²) in [6, 6.07) is 15.2. The van der Waals surface area contributed by atoms with Crippen LogP contribution in [0.2, 0.25) is 0 Å². The van der Waals surface area contributed by atoms with Gasteiger partial charge < -0.3 is 9.47 Å².